The zero-order chi connectivity index (χ0) is 17.7. The van der Waals surface area contributed by atoms with Gasteiger partial charge in [0.25, 0.3) is 0 Å². The number of nitrogens with one attached hydrogen (secondary N) is 1. The zero-order valence-electron chi connectivity index (χ0n) is 13.8. The van der Waals surface area contributed by atoms with E-state index in [2.05, 4.69) is 10.3 Å². The molecule has 128 valence electrons. The van der Waals surface area contributed by atoms with Crippen molar-refractivity contribution in [1.82, 2.24) is 10.3 Å². The van der Waals surface area contributed by atoms with E-state index in [1.807, 2.05) is 30.3 Å². The summed E-state index contributed by atoms with van der Waals surface area (Å²) in [6.07, 6.45) is 0.642. The number of ether oxygens (including phenoxy) is 1. The van der Waals surface area contributed by atoms with Gasteiger partial charge < -0.3 is 19.6 Å². The number of aromatic nitrogens is 1. The van der Waals surface area contributed by atoms with E-state index in [9.17, 15) is 14.7 Å². The summed E-state index contributed by atoms with van der Waals surface area (Å²) in [7, 11) is 0. The van der Waals surface area contributed by atoms with E-state index >= 15 is 0 Å². The summed E-state index contributed by atoms with van der Waals surface area (Å²) < 4.78 is 10.6. The van der Waals surface area contributed by atoms with Crippen LogP contribution in [0.4, 0.5) is 4.79 Å². The molecule has 0 fully saturated rings. The first kappa shape index (κ1) is 17.5. The van der Waals surface area contributed by atoms with Crippen LogP contribution in [-0.4, -0.2) is 33.8 Å². The molecule has 1 atom stereocenters. The lowest BCUT2D eigenvalue weighted by Gasteiger charge is -2.21. The van der Waals surface area contributed by atoms with Crippen molar-refractivity contribution in [2.75, 3.05) is 0 Å². The molecule has 0 bridgehead atoms. The highest BCUT2D eigenvalue weighted by atomic mass is 16.6. The first-order valence-electron chi connectivity index (χ1n) is 7.47. The van der Waals surface area contributed by atoms with Gasteiger partial charge in [-0.3, -0.25) is 0 Å². The van der Waals surface area contributed by atoms with Crippen LogP contribution in [0.5, 0.6) is 0 Å². The van der Waals surface area contributed by atoms with Crippen LogP contribution in [-0.2, 0) is 16.0 Å². The first-order chi connectivity index (χ1) is 11.2. The monoisotopic (exact) mass is 332 g/mol. The Morgan fingerprint density at radius 3 is 2.54 bits per heavy atom. The van der Waals surface area contributed by atoms with Crippen LogP contribution in [0.15, 0.2) is 40.9 Å². The van der Waals surface area contributed by atoms with Crippen molar-refractivity contribution in [1.29, 1.82) is 0 Å². The third kappa shape index (κ3) is 5.12. The second-order valence-corrected chi connectivity index (χ2v) is 6.23. The molecule has 0 unspecified atom stereocenters. The molecule has 1 amide bonds. The Morgan fingerprint density at radius 1 is 1.29 bits per heavy atom. The predicted molar refractivity (Wildman–Crippen MR) is 86.4 cm³/mol. The van der Waals surface area contributed by atoms with Crippen molar-refractivity contribution in [3.8, 4) is 11.3 Å². The van der Waals surface area contributed by atoms with E-state index in [0.717, 1.165) is 5.56 Å². The number of aliphatic carboxylic acids is 1. The van der Waals surface area contributed by atoms with Crippen LogP contribution < -0.4 is 5.32 Å². The fourth-order valence-electron chi connectivity index (χ4n) is 1.97. The van der Waals surface area contributed by atoms with Crippen molar-refractivity contribution >= 4 is 12.1 Å². The van der Waals surface area contributed by atoms with Crippen molar-refractivity contribution < 1.29 is 23.8 Å². The molecule has 0 aliphatic heterocycles. The number of carboxylic acid groups (broad SMARTS) is 1. The third-order valence-electron chi connectivity index (χ3n) is 2.98. The molecule has 7 heteroatoms. The van der Waals surface area contributed by atoms with Crippen LogP contribution in [0.1, 0.15) is 26.7 Å². The summed E-state index contributed by atoms with van der Waals surface area (Å²) in [4.78, 5) is 27.2. The Hall–Kier alpha value is -2.83. The molecule has 24 heavy (non-hydrogen) atoms. The number of rotatable bonds is 5. The average Bonchev–Trinajstić information content (AvgIpc) is 2.94. The van der Waals surface area contributed by atoms with Crippen LogP contribution in [0.3, 0.4) is 0 Å². The molecule has 2 rings (SSSR count). The predicted octanol–water partition coefficient (Wildman–Crippen LogP) is 2.86. The molecule has 0 saturated heterocycles. The minimum atomic E-state index is -1.19. The third-order valence-corrected chi connectivity index (χ3v) is 2.98. The second-order valence-electron chi connectivity index (χ2n) is 6.23. The maximum absolute atomic E-state index is 11.7. The Morgan fingerprint density at radius 2 is 1.96 bits per heavy atom. The van der Waals surface area contributed by atoms with Gasteiger partial charge in [0.15, 0.2) is 11.7 Å². The molecule has 7 nitrogen and oxygen atoms in total. The number of hydrogen-bond acceptors (Lipinski definition) is 5. The minimum absolute atomic E-state index is 0.0819. The number of carbonyl (C=O) groups excluding carboxylic acids is 1. The Kier molecular flexibility index (Phi) is 5.23. The summed E-state index contributed by atoms with van der Waals surface area (Å²) >= 11 is 0. The van der Waals surface area contributed by atoms with Gasteiger partial charge >= 0.3 is 12.1 Å². The van der Waals surface area contributed by atoms with Gasteiger partial charge in [-0.15, -0.1) is 0 Å². The molecule has 1 heterocycles. The van der Waals surface area contributed by atoms with Gasteiger partial charge in [0.1, 0.15) is 11.6 Å². The molecular weight excluding hydrogens is 312 g/mol. The summed E-state index contributed by atoms with van der Waals surface area (Å²) in [6, 6.07) is 8.13. The highest BCUT2D eigenvalue weighted by Crippen LogP contribution is 2.20. The quantitative estimate of drug-likeness (QED) is 0.873. The van der Waals surface area contributed by atoms with Crippen LogP contribution in [0.25, 0.3) is 11.3 Å². The SMILES string of the molecule is CC(C)(C)OC(=O)N[C@@H](Cc1ncc(-c2ccccc2)o1)C(=O)O. The largest absolute Gasteiger partial charge is 0.480 e. The number of nitrogens with zero attached hydrogens (tertiary/aromatic N) is 1. The van der Waals surface area contributed by atoms with Crippen molar-refractivity contribution in [2.45, 2.75) is 38.8 Å². The molecule has 1 aromatic carbocycles. The topological polar surface area (TPSA) is 102 Å². The number of oxazole rings is 1. The van der Waals surface area contributed by atoms with Gasteiger partial charge in [0.2, 0.25) is 0 Å². The van der Waals surface area contributed by atoms with Crippen molar-refractivity contribution in [2.24, 2.45) is 0 Å². The van der Waals surface area contributed by atoms with Crippen LogP contribution >= 0.6 is 0 Å². The molecule has 0 radical (unpaired) electrons. The lowest BCUT2D eigenvalue weighted by atomic mass is 10.2. The molecule has 0 spiro atoms. The van der Waals surface area contributed by atoms with Gasteiger partial charge in [0, 0.05) is 5.56 Å². The van der Waals surface area contributed by atoms with Gasteiger partial charge in [-0.25, -0.2) is 14.6 Å². The molecular formula is C17H20N2O5. The highest BCUT2D eigenvalue weighted by molar-refractivity contribution is 5.80. The first-order valence-corrected chi connectivity index (χ1v) is 7.47. The summed E-state index contributed by atoms with van der Waals surface area (Å²) in [5, 5.41) is 11.6. The highest BCUT2D eigenvalue weighted by Gasteiger charge is 2.26. The number of benzene rings is 1. The lowest BCUT2D eigenvalue weighted by Crippen LogP contribution is -2.44. The number of carboxylic acids is 1. The summed E-state index contributed by atoms with van der Waals surface area (Å²) in [5.74, 6) is -0.440. The Bertz CT molecular complexity index is 703. The zero-order valence-corrected chi connectivity index (χ0v) is 13.8. The number of carbonyl (C=O) groups is 2. The van der Waals surface area contributed by atoms with E-state index in [1.54, 1.807) is 20.8 Å². The normalized spacial score (nSPS) is 12.5. The smallest absolute Gasteiger partial charge is 0.408 e. The minimum Gasteiger partial charge on any atom is -0.480 e. The van der Waals surface area contributed by atoms with Crippen molar-refractivity contribution in [3.05, 3.63) is 42.4 Å². The van der Waals surface area contributed by atoms with Gasteiger partial charge in [-0.05, 0) is 20.8 Å². The number of amides is 1. The van der Waals surface area contributed by atoms with E-state index in [-0.39, 0.29) is 12.3 Å². The second kappa shape index (κ2) is 7.16. The van der Waals surface area contributed by atoms with E-state index < -0.39 is 23.7 Å². The molecule has 0 saturated carbocycles. The van der Waals surface area contributed by atoms with Crippen molar-refractivity contribution in [3.63, 3.8) is 0 Å². The molecule has 0 aliphatic carbocycles. The molecule has 2 N–H and O–H groups in total. The van der Waals surface area contributed by atoms with E-state index in [1.165, 1.54) is 6.20 Å². The summed E-state index contributed by atoms with van der Waals surface area (Å²) in [6.45, 7) is 5.09. The van der Waals surface area contributed by atoms with E-state index in [0.29, 0.717) is 5.76 Å². The van der Waals surface area contributed by atoms with Crippen LogP contribution in [0, 0.1) is 0 Å². The van der Waals surface area contributed by atoms with Gasteiger partial charge in [-0.2, -0.15) is 0 Å². The molecule has 2 aromatic rings. The maximum Gasteiger partial charge on any atom is 0.408 e. The standard InChI is InChI=1S/C17H20N2O5/c1-17(2,3)24-16(22)19-12(15(20)21)9-14-18-10-13(23-14)11-7-5-4-6-8-11/h4-8,10,12H,9H2,1-3H3,(H,19,22)(H,20,21)/t12-/m0/s1. The van der Waals surface area contributed by atoms with Gasteiger partial charge in [0.05, 0.1) is 12.6 Å². The molecule has 0 aliphatic rings. The fourth-order valence-corrected chi connectivity index (χ4v) is 1.97. The average molecular weight is 332 g/mol. The number of hydrogen-bond donors (Lipinski definition) is 2. The lowest BCUT2D eigenvalue weighted by molar-refractivity contribution is -0.139. The summed E-state index contributed by atoms with van der Waals surface area (Å²) in [5.41, 5.74) is 0.125. The van der Waals surface area contributed by atoms with E-state index in [4.69, 9.17) is 9.15 Å². The Labute approximate surface area is 139 Å². The van der Waals surface area contributed by atoms with Crippen LogP contribution in [0.2, 0.25) is 0 Å². The Balaban J connectivity index is 2.05. The molecule has 1 aromatic heterocycles. The fraction of sp³-hybridized carbons (Fsp3) is 0.353. The van der Waals surface area contributed by atoms with Gasteiger partial charge in [-0.1, -0.05) is 30.3 Å². The maximum atomic E-state index is 11.7. The number of alkyl carbamates (subject to hydrolysis) is 1.